The number of amides is 1. The van der Waals surface area contributed by atoms with Crippen molar-refractivity contribution in [3.8, 4) is 11.8 Å². The first-order valence-electron chi connectivity index (χ1n) is 6.02. The second-order valence-electron chi connectivity index (χ2n) is 4.07. The average molecular weight is 278 g/mol. The van der Waals surface area contributed by atoms with E-state index >= 15 is 0 Å². The third-order valence-corrected chi connectivity index (χ3v) is 3.10. The van der Waals surface area contributed by atoms with Gasteiger partial charge in [0.05, 0.1) is 12.2 Å². The summed E-state index contributed by atoms with van der Waals surface area (Å²) in [5.41, 5.74) is 1.18. The topological polar surface area (TPSA) is 62.2 Å². The Balaban J connectivity index is 2.71. The van der Waals surface area contributed by atoms with Crippen LogP contribution in [0, 0.1) is 11.8 Å². The zero-order valence-corrected chi connectivity index (χ0v) is 12.0. The van der Waals surface area contributed by atoms with Crippen LogP contribution in [0.4, 0.5) is 0 Å². The predicted octanol–water partition coefficient (Wildman–Crippen LogP) is 1.30. The van der Waals surface area contributed by atoms with Crippen LogP contribution in [-0.2, 0) is 0 Å². The third kappa shape index (κ3) is 5.77. The van der Waals surface area contributed by atoms with Crippen LogP contribution in [0.2, 0.25) is 0 Å². The molecular weight excluding hydrogens is 260 g/mol. The minimum Gasteiger partial charge on any atom is -0.395 e. The average Bonchev–Trinajstić information content (AvgIpc) is 2.39. The van der Waals surface area contributed by atoms with Gasteiger partial charge in [-0.3, -0.25) is 9.78 Å². The van der Waals surface area contributed by atoms with Gasteiger partial charge in [-0.2, -0.15) is 11.8 Å². The molecule has 1 atom stereocenters. The standard InChI is InChI=1S/C14H18N2O2S/c1-11(10-19-2)16-14(18)13-7-12(8-15-9-13)5-3-4-6-17/h7-9,11,17H,4,6,10H2,1-2H3,(H,16,18). The number of carbonyl (C=O) groups excluding carboxylic acids is 1. The van der Waals surface area contributed by atoms with Gasteiger partial charge < -0.3 is 10.4 Å². The molecule has 1 aromatic heterocycles. The van der Waals surface area contributed by atoms with Crippen molar-refractivity contribution in [3.63, 3.8) is 0 Å². The molecule has 5 heteroatoms. The van der Waals surface area contributed by atoms with Crippen molar-refractivity contribution in [1.82, 2.24) is 10.3 Å². The number of pyridine rings is 1. The number of rotatable bonds is 5. The van der Waals surface area contributed by atoms with Crippen LogP contribution in [0.5, 0.6) is 0 Å². The van der Waals surface area contributed by atoms with E-state index in [1.165, 1.54) is 6.20 Å². The first kappa shape index (κ1) is 15.5. The lowest BCUT2D eigenvalue weighted by atomic mass is 10.2. The Morgan fingerprint density at radius 2 is 2.37 bits per heavy atom. The second-order valence-corrected chi connectivity index (χ2v) is 4.98. The van der Waals surface area contributed by atoms with Crippen molar-refractivity contribution in [2.75, 3.05) is 18.6 Å². The molecule has 0 aliphatic carbocycles. The summed E-state index contributed by atoms with van der Waals surface area (Å²) in [4.78, 5) is 16.0. The Kier molecular flexibility index (Phi) is 7.01. The van der Waals surface area contributed by atoms with Crippen LogP contribution in [0.15, 0.2) is 18.5 Å². The molecule has 0 aliphatic heterocycles. The highest BCUT2D eigenvalue weighted by atomic mass is 32.2. The molecule has 2 N–H and O–H groups in total. The van der Waals surface area contributed by atoms with Crippen molar-refractivity contribution < 1.29 is 9.90 Å². The number of hydrogen-bond donors (Lipinski definition) is 2. The van der Waals surface area contributed by atoms with Gasteiger partial charge in [-0.05, 0) is 19.2 Å². The van der Waals surface area contributed by atoms with Crippen LogP contribution in [0.3, 0.4) is 0 Å². The summed E-state index contributed by atoms with van der Waals surface area (Å²) < 4.78 is 0. The van der Waals surface area contributed by atoms with Crippen LogP contribution in [-0.4, -0.2) is 40.7 Å². The molecule has 1 rings (SSSR count). The largest absolute Gasteiger partial charge is 0.395 e. The van der Waals surface area contributed by atoms with Gasteiger partial charge in [0.1, 0.15) is 0 Å². The minimum absolute atomic E-state index is 0.0345. The van der Waals surface area contributed by atoms with E-state index in [0.29, 0.717) is 17.5 Å². The molecule has 19 heavy (non-hydrogen) atoms. The van der Waals surface area contributed by atoms with Crippen LogP contribution >= 0.6 is 11.8 Å². The molecule has 0 spiro atoms. The van der Waals surface area contributed by atoms with E-state index < -0.39 is 0 Å². The molecule has 1 unspecified atom stereocenters. The highest BCUT2D eigenvalue weighted by Crippen LogP contribution is 2.03. The lowest BCUT2D eigenvalue weighted by molar-refractivity contribution is 0.0943. The van der Waals surface area contributed by atoms with Crippen molar-refractivity contribution in [1.29, 1.82) is 0 Å². The maximum Gasteiger partial charge on any atom is 0.253 e. The van der Waals surface area contributed by atoms with Gasteiger partial charge >= 0.3 is 0 Å². The number of aliphatic hydroxyl groups is 1. The zero-order chi connectivity index (χ0) is 14.1. The van der Waals surface area contributed by atoms with Gasteiger partial charge in [-0.15, -0.1) is 0 Å². The number of aromatic nitrogens is 1. The number of aliphatic hydroxyl groups excluding tert-OH is 1. The Hall–Kier alpha value is -1.51. The fourth-order valence-corrected chi connectivity index (χ4v) is 2.04. The summed E-state index contributed by atoms with van der Waals surface area (Å²) in [6.45, 7) is 2.00. The van der Waals surface area contributed by atoms with Gasteiger partial charge in [0.25, 0.3) is 5.91 Å². The van der Waals surface area contributed by atoms with E-state index in [1.54, 1.807) is 24.0 Å². The fourth-order valence-electron chi connectivity index (χ4n) is 1.45. The van der Waals surface area contributed by atoms with Gasteiger partial charge in [-0.1, -0.05) is 11.8 Å². The summed E-state index contributed by atoms with van der Waals surface area (Å²) in [7, 11) is 0. The van der Waals surface area contributed by atoms with Crippen LogP contribution in [0.1, 0.15) is 29.3 Å². The summed E-state index contributed by atoms with van der Waals surface area (Å²) in [6, 6.07) is 1.82. The highest BCUT2D eigenvalue weighted by molar-refractivity contribution is 7.98. The molecule has 0 radical (unpaired) electrons. The smallest absolute Gasteiger partial charge is 0.253 e. The fraction of sp³-hybridized carbons (Fsp3) is 0.429. The molecule has 1 aromatic rings. The van der Waals surface area contributed by atoms with E-state index in [4.69, 9.17) is 5.11 Å². The van der Waals surface area contributed by atoms with Gasteiger partial charge in [0.15, 0.2) is 0 Å². The maximum absolute atomic E-state index is 12.0. The summed E-state index contributed by atoms with van der Waals surface area (Å²) in [5.74, 6) is 6.40. The lowest BCUT2D eigenvalue weighted by Crippen LogP contribution is -2.34. The highest BCUT2D eigenvalue weighted by Gasteiger charge is 2.09. The Morgan fingerprint density at radius 3 is 3.05 bits per heavy atom. The minimum atomic E-state index is -0.139. The van der Waals surface area contributed by atoms with Crippen molar-refractivity contribution in [2.24, 2.45) is 0 Å². The van der Waals surface area contributed by atoms with Crippen LogP contribution in [0.25, 0.3) is 0 Å². The van der Waals surface area contributed by atoms with Crippen molar-refractivity contribution in [3.05, 3.63) is 29.6 Å². The molecule has 0 saturated carbocycles. The SMILES string of the molecule is CSCC(C)NC(=O)c1cncc(C#CCCO)c1. The lowest BCUT2D eigenvalue weighted by Gasteiger charge is -2.12. The third-order valence-electron chi connectivity index (χ3n) is 2.26. The number of nitrogens with one attached hydrogen (secondary N) is 1. The molecule has 4 nitrogen and oxygen atoms in total. The Bertz CT molecular complexity index is 480. The second kappa shape index (κ2) is 8.57. The predicted molar refractivity (Wildman–Crippen MR) is 78.1 cm³/mol. The van der Waals surface area contributed by atoms with E-state index in [-0.39, 0.29) is 18.6 Å². The molecule has 1 heterocycles. The van der Waals surface area contributed by atoms with Gasteiger partial charge in [-0.25, -0.2) is 0 Å². The molecule has 0 aromatic carbocycles. The first-order chi connectivity index (χ1) is 9.17. The van der Waals surface area contributed by atoms with Gasteiger partial charge in [0.2, 0.25) is 0 Å². The summed E-state index contributed by atoms with van der Waals surface area (Å²) in [5, 5.41) is 11.6. The molecule has 102 valence electrons. The molecule has 0 fully saturated rings. The van der Waals surface area contributed by atoms with E-state index in [9.17, 15) is 4.79 Å². The van der Waals surface area contributed by atoms with Crippen molar-refractivity contribution >= 4 is 17.7 Å². The van der Waals surface area contributed by atoms with E-state index in [1.807, 2.05) is 13.2 Å². The van der Waals surface area contributed by atoms with E-state index in [2.05, 4.69) is 22.1 Å². The first-order valence-corrected chi connectivity index (χ1v) is 7.41. The number of hydrogen-bond acceptors (Lipinski definition) is 4. The van der Waals surface area contributed by atoms with Gasteiger partial charge in [0, 0.05) is 36.2 Å². The Morgan fingerprint density at radius 1 is 1.58 bits per heavy atom. The summed E-state index contributed by atoms with van der Waals surface area (Å²) >= 11 is 1.69. The van der Waals surface area contributed by atoms with Crippen LogP contribution < -0.4 is 5.32 Å². The zero-order valence-electron chi connectivity index (χ0n) is 11.1. The molecule has 0 aliphatic rings. The quantitative estimate of drug-likeness (QED) is 0.797. The molecule has 1 amide bonds. The number of carbonyl (C=O) groups is 1. The number of thioether (sulfide) groups is 1. The summed E-state index contributed by atoms with van der Waals surface area (Å²) in [6.07, 6.45) is 5.55. The number of nitrogens with zero attached hydrogens (tertiary/aromatic N) is 1. The normalized spacial score (nSPS) is 11.3. The van der Waals surface area contributed by atoms with Crippen molar-refractivity contribution in [2.45, 2.75) is 19.4 Å². The Labute approximate surface area is 118 Å². The maximum atomic E-state index is 12.0. The van der Waals surface area contributed by atoms with E-state index in [0.717, 1.165) is 5.75 Å². The monoisotopic (exact) mass is 278 g/mol. The molecule has 0 saturated heterocycles. The molecular formula is C14H18N2O2S. The molecule has 0 bridgehead atoms.